The van der Waals surface area contributed by atoms with Crippen molar-refractivity contribution in [1.29, 1.82) is 0 Å². The minimum atomic E-state index is 0.302. The van der Waals surface area contributed by atoms with Crippen molar-refractivity contribution in [2.24, 2.45) is 16.8 Å². The normalized spacial score (nSPS) is 20.3. The quantitative estimate of drug-likeness (QED) is 0.495. The molecule has 5 heteroatoms. The standard InChI is InChI=1S/C18H37N3O2/c1-6-19-18(20-11-9-17(15(4)5)23-8-3)21-12-10-16(13-21)14-22-7-2/h15-17H,6-14H2,1-5H3,(H,19,20). The summed E-state index contributed by atoms with van der Waals surface area (Å²) in [5.74, 6) is 2.21. The molecule has 1 heterocycles. The van der Waals surface area contributed by atoms with Gasteiger partial charge in [-0.25, -0.2) is 0 Å². The molecule has 136 valence electrons. The molecule has 0 spiro atoms. The largest absolute Gasteiger partial charge is 0.381 e. The molecule has 1 aliphatic rings. The molecule has 0 aliphatic carbocycles. The zero-order chi connectivity index (χ0) is 17.1. The van der Waals surface area contributed by atoms with Crippen molar-refractivity contribution in [2.75, 3.05) is 46.0 Å². The third-order valence-corrected chi connectivity index (χ3v) is 4.28. The van der Waals surface area contributed by atoms with Gasteiger partial charge in [-0.2, -0.15) is 0 Å². The summed E-state index contributed by atoms with van der Waals surface area (Å²) in [4.78, 5) is 7.20. The third-order valence-electron chi connectivity index (χ3n) is 4.28. The summed E-state index contributed by atoms with van der Waals surface area (Å²) >= 11 is 0. The van der Waals surface area contributed by atoms with Crippen molar-refractivity contribution >= 4 is 5.96 Å². The molecule has 0 bridgehead atoms. The first kappa shape index (κ1) is 20.2. The Morgan fingerprint density at radius 1 is 1.26 bits per heavy atom. The minimum Gasteiger partial charge on any atom is -0.381 e. The van der Waals surface area contributed by atoms with Gasteiger partial charge in [0.1, 0.15) is 0 Å². The lowest BCUT2D eigenvalue weighted by molar-refractivity contribution is 0.0266. The van der Waals surface area contributed by atoms with E-state index >= 15 is 0 Å². The number of hydrogen-bond acceptors (Lipinski definition) is 3. The number of guanidine groups is 1. The van der Waals surface area contributed by atoms with Crippen molar-refractivity contribution in [2.45, 2.75) is 53.6 Å². The smallest absolute Gasteiger partial charge is 0.193 e. The van der Waals surface area contributed by atoms with E-state index in [2.05, 4.69) is 44.8 Å². The summed E-state index contributed by atoms with van der Waals surface area (Å²) in [6.45, 7) is 17.0. The second-order valence-electron chi connectivity index (χ2n) is 6.52. The van der Waals surface area contributed by atoms with Crippen molar-refractivity contribution in [3.05, 3.63) is 0 Å². The monoisotopic (exact) mass is 327 g/mol. The molecule has 0 saturated carbocycles. The lowest BCUT2D eigenvalue weighted by Gasteiger charge is -2.23. The van der Waals surface area contributed by atoms with E-state index in [0.29, 0.717) is 17.9 Å². The zero-order valence-corrected chi connectivity index (χ0v) is 15.8. The summed E-state index contributed by atoms with van der Waals surface area (Å²) in [6, 6.07) is 0. The number of ether oxygens (including phenoxy) is 2. The van der Waals surface area contributed by atoms with Crippen LogP contribution in [0.3, 0.4) is 0 Å². The Hall–Kier alpha value is -0.810. The summed E-state index contributed by atoms with van der Waals surface area (Å²) in [5.41, 5.74) is 0. The van der Waals surface area contributed by atoms with Crippen LogP contribution < -0.4 is 5.32 Å². The topological polar surface area (TPSA) is 46.1 Å². The van der Waals surface area contributed by atoms with E-state index in [0.717, 1.165) is 58.4 Å². The molecular formula is C18H37N3O2. The summed E-state index contributed by atoms with van der Waals surface area (Å²) in [6.07, 6.45) is 2.48. The fraction of sp³-hybridized carbons (Fsp3) is 0.944. The fourth-order valence-corrected chi connectivity index (χ4v) is 2.99. The van der Waals surface area contributed by atoms with Crippen molar-refractivity contribution in [1.82, 2.24) is 10.2 Å². The Morgan fingerprint density at radius 2 is 2.04 bits per heavy atom. The first-order valence-corrected chi connectivity index (χ1v) is 9.34. The van der Waals surface area contributed by atoms with Gasteiger partial charge in [-0.05, 0) is 39.5 Å². The maximum Gasteiger partial charge on any atom is 0.193 e. The van der Waals surface area contributed by atoms with Gasteiger partial charge in [-0.3, -0.25) is 4.99 Å². The molecule has 1 N–H and O–H groups in total. The minimum absolute atomic E-state index is 0.302. The predicted molar refractivity (Wildman–Crippen MR) is 97.0 cm³/mol. The van der Waals surface area contributed by atoms with Crippen molar-refractivity contribution in [3.63, 3.8) is 0 Å². The van der Waals surface area contributed by atoms with Crippen LogP contribution in [0.25, 0.3) is 0 Å². The summed E-state index contributed by atoms with van der Waals surface area (Å²) in [5, 5.41) is 3.43. The first-order chi connectivity index (χ1) is 11.1. The van der Waals surface area contributed by atoms with Crippen LogP contribution in [0.4, 0.5) is 0 Å². The highest BCUT2D eigenvalue weighted by molar-refractivity contribution is 5.80. The van der Waals surface area contributed by atoms with E-state index < -0.39 is 0 Å². The van der Waals surface area contributed by atoms with Crippen LogP contribution in [0.5, 0.6) is 0 Å². The van der Waals surface area contributed by atoms with Crippen LogP contribution in [0, 0.1) is 11.8 Å². The molecule has 0 aromatic carbocycles. The molecule has 0 aromatic rings. The van der Waals surface area contributed by atoms with Gasteiger partial charge < -0.3 is 19.7 Å². The van der Waals surface area contributed by atoms with E-state index in [-0.39, 0.29) is 0 Å². The maximum absolute atomic E-state index is 5.81. The Kier molecular flexibility index (Phi) is 10.3. The van der Waals surface area contributed by atoms with Gasteiger partial charge >= 0.3 is 0 Å². The highest BCUT2D eigenvalue weighted by Gasteiger charge is 2.25. The van der Waals surface area contributed by atoms with Gasteiger partial charge in [0.25, 0.3) is 0 Å². The molecule has 2 atom stereocenters. The molecule has 5 nitrogen and oxygen atoms in total. The van der Waals surface area contributed by atoms with E-state index in [9.17, 15) is 0 Å². The lowest BCUT2D eigenvalue weighted by atomic mass is 10.0. The fourth-order valence-electron chi connectivity index (χ4n) is 2.99. The van der Waals surface area contributed by atoms with Crippen LogP contribution in [-0.2, 0) is 9.47 Å². The second-order valence-corrected chi connectivity index (χ2v) is 6.52. The Balaban J connectivity index is 2.50. The summed E-state index contributed by atoms with van der Waals surface area (Å²) in [7, 11) is 0. The first-order valence-electron chi connectivity index (χ1n) is 9.34. The Bertz CT molecular complexity index is 334. The average molecular weight is 328 g/mol. The van der Waals surface area contributed by atoms with Gasteiger partial charge in [-0.1, -0.05) is 13.8 Å². The Morgan fingerprint density at radius 3 is 2.65 bits per heavy atom. The van der Waals surface area contributed by atoms with Crippen LogP contribution in [0.2, 0.25) is 0 Å². The average Bonchev–Trinajstić information content (AvgIpc) is 2.99. The molecule has 23 heavy (non-hydrogen) atoms. The molecule has 1 saturated heterocycles. The second kappa shape index (κ2) is 11.7. The van der Waals surface area contributed by atoms with Crippen LogP contribution in [0.1, 0.15) is 47.5 Å². The maximum atomic E-state index is 5.81. The predicted octanol–water partition coefficient (Wildman–Crippen LogP) is 2.76. The molecule has 2 unspecified atom stereocenters. The molecule has 0 aromatic heterocycles. The van der Waals surface area contributed by atoms with Crippen LogP contribution in [-0.4, -0.2) is 63.0 Å². The number of nitrogens with zero attached hydrogens (tertiary/aromatic N) is 2. The van der Waals surface area contributed by atoms with Crippen LogP contribution >= 0.6 is 0 Å². The number of hydrogen-bond donors (Lipinski definition) is 1. The lowest BCUT2D eigenvalue weighted by Crippen LogP contribution is -2.40. The third kappa shape index (κ3) is 7.53. The van der Waals surface area contributed by atoms with Gasteiger partial charge in [0.2, 0.25) is 0 Å². The molecule has 1 fully saturated rings. The number of aliphatic imine (C=N–C) groups is 1. The number of likely N-dealkylation sites (tertiary alicyclic amines) is 1. The Labute approximate surface area is 142 Å². The number of nitrogens with one attached hydrogen (secondary N) is 1. The molecule has 0 amide bonds. The zero-order valence-electron chi connectivity index (χ0n) is 15.8. The van der Waals surface area contributed by atoms with Gasteiger partial charge in [0.15, 0.2) is 5.96 Å². The van der Waals surface area contributed by atoms with Gasteiger partial charge in [-0.15, -0.1) is 0 Å². The number of rotatable bonds is 10. The molecule has 1 aliphatic heterocycles. The van der Waals surface area contributed by atoms with E-state index in [4.69, 9.17) is 14.5 Å². The summed E-state index contributed by atoms with van der Waals surface area (Å²) < 4.78 is 11.4. The van der Waals surface area contributed by atoms with Crippen LogP contribution in [0.15, 0.2) is 4.99 Å². The highest BCUT2D eigenvalue weighted by atomic mass is 16.5. The van der Waals surface area contributed by atoms with E-state index in [1.54, 1.807) is 0 Å². The SMILES string of the molecule is CCNC(=NCCC(OCC)C(C)C)N1CCC(COCC)C1. The van der Waals surface area contributed by atoms with Crippen molar-refractivity contribution < 1.29 is 9.47 Å². The molecule has 0 radical (unpaired) electrons. The van der Waals surface area contributed by atoms with Gasteiger partial charge in [0, 0.05) is 45.3 Å². The van der Waals surface area contributed by atoms with Gasteiger partial charge in [0.05, 0.1) is 12.7 Å². The molecular weight excluding hydrogens is 290 g/mol. The molecule has 1 rings (SSSR count). The van der Waals surface area contributed by atoms with E-state index in [1.807, 2.05) is 0 Å². The van der Waals surface area contributed by atoms with E-state index in [1.165, 1.54) is 6.42 Å². The van der Waals surface area contributed by atoms with Crippen molar-refractivity contribution in [3.8, 4) is 0 Å². The highest BCUT2D eigenvalue weighted by Crippen LogP contribution is 2.17.